The number of carbonyl (C=O) groups is 3. The monoisotopic (exact) mass is 652 g/mol. The average molecular weight is 653 g/mol. The molecule has 0 spiro atoms. The third kappa shape index (κ3) is 9.36. The normalized spacial score (nSPS) is 10.2. The molecule has 0 saturated heterocycles. The Balaban J connectivity index is 1.79. The van der Waals surface area contributed by atoms with Crippen LogP contribution in [-0.4, -0.2) is 39.4 Å². The van der Waals surface area contributed by atoms with E-state index in [9.17, 15) is 14.4 Å². The van der Waals surface area contributed by atoms with Crippen molar-refractivity contribution in [1.29, 1.82) is 0 Å². The minimum atomic E-state index is -3.54. The summed E-state index contributed by atoms with van der Waals surface area (Å²) in [6.45, 7) is 15.4. The van der Waals surface area contributed by atoms with Crippen molar-refractivity contribution in [3.8, 4) is 17.2 Å². The van der Waals surface area contributed by atoms with Crippen LogP contribution in [0.5, 0.6) is 17.2 Å². The van der Waals surface area contributed by atoms with Gasteiger partial charge in [-0.05, 0) is 0 Å². The molecule has 3 aromatic rings. The van der Waals surface area contributed by atoms with Crippen molar-refractivity contribution in [2.75, 3.05) is 0 Å². The number of hydrogen-bond acceptors (Lipinski definition) is 9. The van der Waals surface area contributed by atoms with Gasteiger partial charge < -0.3 is 0 Å². The van der Waals surface area contributed by atoms with E-state index in [1.54, 1.807) is 93.6 Å². The fourth-order valence-electron chi connectivity index (χ4n) is 2.92. The van der Waals surface area contributed by atoms with Gasteiger partial charge in [0.15, 0.2) is 0 Å². The molecule has 0 unspecified atom stereocenters. The van der Waals surface area contributed by atoms with Crippen LogP contribution >= 0.6 is 0 Å². The van der Waals surface area contributed by atoms with Crippen molar-refractivity contribution in [3.63, 3.8) is 0 Å². The van der Waals surface area contributed by atoms with Crippen molar-refractivity contribution >= 4 is 39.4 Å². The van der Waals surface area contributed by atoms with Crippen molar-refractivity contribution in [2.24, 2.45) is 0 Å². The number of hydrogen-bond donors (Lipinski definition) is 0. The first kappa shape index (κ1) is 30.1. The molecular formula is C30H27O9Sb. The van der Waals surface area contributed by atoms with E-state index in [1.807, 2.05) is 0 Å². The Morgan fingerprint density at radius 2 is 0.700 bits per heavy atom. The third-order valence-corrected chi connectivity index (χ3v) is 7.69. The van der Waals surface area contributed by atoms with Gasteiger partial charge in [0, 0.05) is 0 Å². The zero-order chi connectivity index (χ0) is 29.2. The van der Waals surface area contributed by atoms with E-state index >= 15 is 0 Å². The quantitative estimate of drug-likeness (QED) is 0.0967. The zero-order valence-corrected chi connectivity index (χ0v) is 24.7. The van der Waals surface area contributed by atoms with Crippen LogP contribution < -0.4 is 9.05 Å². The molecule has 0 N–H and O–H groups in total. The van der Waals surface area contributed by atoms with Crippen molar-refractivity contribution < 1.29 is 37.6 Å². The van der Waals surface area contributed by atoms with E-state index in [0.717, 1.165) is 0 Å². The molecule has 0 aliphatic rings. The van der Waals surface area contributed by atoms with Gasteiger partial charge in [0.05, 0.1) is 0 Å². The number of esters is 3. The summed E-state index contributed by atoms with van der Waals surface area (Å²) in [5.41, 5.74) is 0.945. The van der Waals surface area contributed by atoms with Gasteiger partial charge in [0.2, 0.25) is 0 Å². The predicted molar refractivity (Wildman–Crippen MR) is 148 cm³/mol. The van der Waals surface area contributed by atoms with E-state index < -0.39 is 39.4 Å². The van der Waals surface area contributed by atoms with Crippen LogP contribution in [0.1, 0.15) is 51.8 Å². The Morgan fingerprint density at radius 1 is 0.475 bits per heavy atom. The molecule has 0 saturated carbocycles. The summed E-state index contributed by atoms with van der Waals surface area (Å²) in [7, 11) is 0. The molecule has 40 heavy (non-hydrogen) atoms. The second-order valence-electron chi connectivity index (χ2n) is 8.35. The first-order valence-corrected chi connectivity index (χ1v) is 14.9. The molecular weight excluding hydrogens is 626 g/mol. The summed E-state index contributed by atoms with van der Waals surface area (Å²) in [5.74, 6) is 0.410. The fraction of sp³-hybridized carbons (Fsp3) is 0.100. The van der Waals surface area contributed by atoms with E-state index in [2.05, 4.69) is 19.7 Å². The van der Waals surface area contributed by atoms with Crippen molar-refractivity contribution in [2.45, 2.75) is 20.8 Å². The van der Waals surface area contributed by atoms with Crippen molar-refractivity contribution in [3.05, 3.63) is 127 Å². The molecule has 10 heteroatoms. The van der Waals surface area contributed by atoms with Crippen LogP contribution in [-0.2, 0) is 14.2 Å². The maximum absolute atomic E-state index is 12.1. The molecule has 0 aliphatic carbocycles. The van der Waals surface area contributed by atoms with Crippen LogP contribution in [0.15, 0.2) is 110 Å². The molecule has 206 valence electrons. The minimum absolute atomic E-state index is 0.278. The van der Waals surface area contributed by atoms with Gasteiger partial charge >= 0.3 is 242 Å². The first-order chi connectivity index (χ1) is 19.0. The molecule has 0 amide bonds. The Labute approximate surface area is 240 Å². The van der Waals surface area contributed by atoms with Gasteiger partial charge in [-0.25, -0.2) is 0 Å². The molecule has 9 nitrogen and oxygen atoms in total. The van der Waals surface area contributed by atoms with E-state index in [0.29, 0.717) is 33.9 Å². The average Bonchev–Trinajstić information content (AvgIpc) is 2.88. The summed E-state index contributed by atoms with van der Waals surface area (Å²) < 4.78 is 33.3. The molecule has 3 rings (SSSR count). The Kier molecular flexibility index (Phi) is 10.6. The van der Waals surface area contributed by atoms with E-state index in [4.69, 9.17) is 23.3 Å². The topological polar surface area (TPSA) is 107 Å². The summed E-state index contributed by atoms with van der Waals surface area (Å²) >= 11 is -3.54. The van der Waals surface area contributed by atoms with Gasteiger partial charge in [0.1, 0.15) is 0 Å². The standard InChI is InChI=1S/3C10H10O3.Sb/c3*1-7(2)13-10(12)8-3-5-9(11)6-4-8;/h3*3-6,11H,1H2,2H3;/q;;;+3/p-3. The zero-order valence-electron chi connectivity index (χ0n) is 22.2. The predicted octanol–water partition coefficient (Wildman–Crippen LogP) is 6.28. The Morgan fingerprint density at radius 3 is 0.900 bits per heavy atom. The molecule has 0 radical (unpaired) electrons. The molecule has 0 atom stereocenters. The fourth-order valence-corrected chi connectivity index (χ4v) is 5.76. The molecule has 0 bridgehead atoms. The summed E-state index contributed by atoms with van der Waals surface area (Å²) in [6.07, 6.45) is 0. The summed E-state index contributed by atoms with van der Waals surface area (Å²) in [6, 6.07) is 18.8. The van der Waals surface area contributed by atoms with Gasteiger partial charge in [0.25, 0.3) is 0 Å². The number of benzene rings is 3. The first-order valence-electron chi connectivity index (χ1n) is 11.8. The Hall–Kier alpha value is -4.49. The second kappa shape index (κ2) is 14.1. The summed E-state index contributed by atoms with van der Waals surface area (Å²) in [4.78, 5) is 36.3. The number of rotatable bonds is 12. The van der Waals surface area contributed by atoms with Gasteiger partial charge in [-0.15, -0.1) is 0 Å². The van der Waals surface area contributed by atoms with E-state index in [-0.39, 0.29) is 17.3 Å². The number of ether oxygens (including phenoxy) is 3. The molecule has 0 heterocycles. The SMILES string of the molecule is C=C(C)OC(=O)c1ccc([O][Sb]([O]c2ccc(C(=O)OC(=C)C)cc2)[O]c2ccc(C(=O)OC(=C)C)cc2)cc1. The van der Waals surface area contributed by atoms with Crippen LogP contribution in [0.4, 0.5) is 0 Å². The van der Waals surface area contributed by atoms with Crippen LogP contribution in [0, 0.1) is 0 Å². The number of carbonyl (C=O) groups excluding carboxylic acids is 3. The summed E-state index contributed by atoms with van der Waals surface area (Å²) in [5, 5.41) is 0. The van der Waals surface area contributed by atoms with Crippen LogP contribution in [0.25, 0.3) is 0 Å². The van der Waals surface area contributed by atoms with E-state index in [1.165, 1.54) is 0 Å². The number of allylic oxidation sites excluding steroid dienone is 3. The van der Waals surface area contributed by atoms with Crippen LogP contribution in [0.3, 0.4) is 0 Å². The Bertz CT molecular complexity index is 1230. The molecule has 0 aliphatic heterocycles. The maximum atomic E-state index is 12.1. The molecule has 3 aromatic carbocycles. The molecule has 0 fully saturated rings. The van der Waals surface area contributed by atoms with Gasteiger partial charge in [-0.2, -0.15) is 0 Å². The molecule has 0 aromatic heterocycles. The van der Waals surface area contributed by atoms with Gasteiger partial charge in [-0.1, -0.05) is 0 Å². The van der Waals surface area contributed by atoms with Crippen molar-refractivity contribution in [1.82, 2.24) is 0 Å². The van der Waals surface area contributed by atoms with Gasteiger partial charge in [-0.3, -0.25) is 0 Å². The van der Waals surface area contributed by atoms with Crippen LogP contribution in [0.2, 0.25) is 0 Å². The third-order valence-electron chi connectivity index (χ3n) is 4.61. The second-order valence-corrected chi connectivity index (χ2v) is 11.2.